The fourth-order valence-corrected chi connectivity index (χ4v) is 7.11. The number of fused-ring (bicyclic) bond motifs is 2. The zero-order chi connectivity index (χ0) is 40.5. The number of ether oxygens (including phenoxy) is 9. The van der Waals surface area contributed by atoms with E-state index >= 15 is 0 Å². The van der Waals surface area contributed by atoms with Crippen LogP contribution in [-0.2, 0) is 34.8 Å². The molecule has 15 atom stereocenters. The lowest BCUT2D eigenvalue weighted by Gasteiger charge is -2.43. The van der Waals surface area contributed by atoms with Crippen molar-refractivity contribution >= 4 is 11.0 Å². The minimum atomic E-state index is -1.82. The van der Waals surface area contributed by atoms with Gasteiger partial charge in [0.2, 0.25) is 6.79 Å². The molecular weight excluding hydrogens is 764 g/mol. The van der Waals surface area contributed by atoms with Crippen molar-refractivity contribution in [3.8, 4) is 28.6 Å². The van der Waals surface area contributed by atoms with Gasteiger partial charge in [-0.2, -0.15) is 0 Å². The lowest BCUT2D eigenvalue weighted by Crippen LogP contribution is -2.62. The van der Waals surface area contributed by atoms with Crippen LogP contribution in [-0.4, -0.2) is 184 Å². The summed E-state index contributed by atoms with van der Waals surface area (Å²) in [4.78, 5) is 0. The Hall–Kier alpha value is -3.26. The molecule has 0 radical (unpaired) electrons. The van der Waals surface area contributed by atoms with Crippen LogP contribution in [0.3, 0.4) is 0 Å². The van der Waals surface area contributed by atoms with Crippen molar-refractivity contribution in [2.45, 2.75) is 105 Å². The maximum Gasteiger partial charge on any atom is 0.231 e. The summed E-state index contributed by atoms with van der Waals surface area (Å²) in [5, 5.41) is 104. The molecule has 4 aliphatic heterocycles. The lowest BCUT2D eigenvalue weighted by atomic mass is 9.98. The summed E-state index contributed by atoms with van der Waals surface area (Å²) in [7, 11) is 1.54. The molecule has 57 heavy (non-hydrogen) atoms. The molecule has 1 aromatic heterocycles. The molecule has 15 unspecified atom stereocenters. The van der Waals surface area contributed by atoms with Gasteiger partial charge in [-0.05, 0) is 54.8 Å². The number of methoxy groups -OCH3 is 1. The Labute approximate surface area is 324 Å². The van der Waals surface area contributed by atoms with Crippen LogP contribution in [0, 0.1) is 0 Å². The summed E-state index contributed by atoms with van der Waals surface area (Å²) >= 11 is 0. The molecule has 3 fully saturated rings. The van der Waals surface area contributed by atoms with Gasteiger partial charge in [0.1, 0.15) is 79.0 Å². The third kappa shape index (κ3) is 8.73. The maximum absolute atomic E-state index is 10.7. The second kappa shape index (κ2) is 17.9. The zero-order valence-electron chi connectivity index (χ0n) is 30.6. The zero-order valence-corrected chi connectivity index (χ0v) is 30.6. The molecule has 20 heteroatoms. The van der Waals surface area contributed by atoms with Gasteiger partial charge in [0, 0.05) is 10.9 Å². The first-order valence-corrected chi connectivity index (χ1v) is 18.4. The monoisotopic (exact) mass is 812 g/mol. The van der Waals surface area contributed by atoms with E-state index in [9.17, 15) is 51.1 Å². The molecule has 3 saturated heterocycles. The van der Waals surface area contributed by atoms with Gasteiger partial charge in [-0.25, -0.2) is 0 Å². The summed E-state index contributed by atoms with van der Waals surface area (Å²) in [6, 6.07) is 11.2. The van der Waals surface area contributed by atoms with Crippen LogP contribution in [0.15, 0.2) is 40.8 Å². The first kappa shape index (κ1) is 41.9. The molecule has 3 aromatic rings. The first-order chi connectivity index (χ1) is 27.4. The second-order valence-electron chi connectivity index (χ2n) is 14.3. The van der Waals surface area contributed by atoms with E-state index in [4.69, 9.17) is 47.0 Å². The quantitative estimate of drug-likeness (QED) is 0.0737. The Morgan fingerprint density at radius 1 is 0.614 bits per heavy atom. The third-order valence-electron chi connectivity index (χ3n) is 10.4. The fourth-order valence-electron chi connectivity index (χ4n) is 7.11. The topological polar surface area (TPSA) is 299 Å². The standard InChI is InChI=1S/C37H48O20/c1-48-21-8-15(7-17-10-19(54-34(17)21)16-4-5-18-20(9-16)53-14-52-18)3-2-6-49-35-31(45)29(43)26(40)23(56-35)12-51-37-33(47)30(44)27(41)24(57-37)13-50-36-32(46)28(42)25(39)22(11-38)55-36/h4-5,7-10,22-33,35-47H,2-3,6,11-14H2,1H3. The van der Waals surface area contributed by atoms with Crippen LogP contribution in [0.2, 0.25) is 0 Å². The summed E-state index contributed by atoms with van der Waals surface area (Å²) in [5.74, 6) is 2.43. The summed E-state index contributed by atoms with van der Waals surface area (Å²) < 4.78 is 56.1. The van der Waals surface area contributed by atoms with E-state index in [0.29, 0.717) is 41.4 Å². The first-order valence-electron chi connectivity index (χ1n) is 18.4. The summed E-state index contributed by atoms with van der Waals surface area (Å²) in [5.41, 5.74) is 2.28. The van der Waals surface area contributed by atoms with E-state index in [2.05, 4.69) is 0 Å². The molecular formula is C37H48O20. The highest BCUT2D eigenvalue weighted by Crippen LogP contribution is 2.40. The number of hydrogen-bond donors (Lipinski definition) is 10. The van der Waals surface area contributed by atoms with Gasteiger partial charge in [0.15, 0.2) is 41.7 Å². The van der Waals surface area contributed by atoms with Gasteiger partial charge in [-0.3, -0.25) is 0 Å². The second-order valence-corrected chi connectivity index (χ2v) is 14.3. The number of aliphatic hydroxyl groups excluding tert-OH is 10. The Kier molecular flexibility index (Phi) is 13.2. The highest BCUT2D eigenvalue weighted by Gasteiger charge is 2.49. The van der Waals surface area contributed by atoms with Gasteiger partial charge in [-0.1, -0.05) is 0 Å². The molecule has 0 amide bonds. The Morgan fingerprint density at radius 2 is 1.18 bits per heavy atom. The average molecular weight is 813 g/mol. The van der Waals surface area contributed by atoms with Crippen molar-refractivity contribution in [1.29, 1.82) is 0 Å². The van der Waals surface area contributed by atoms with E-state index in [1.165, 1.54) is 0 Å². The van der Waals surface area contributed by atoms with Crippen molar-refractivity contribution in [2.75, 3.05) is 40.3 Å². The molecule has 5 heterocycles. The number of furan rings is 1. The minimum Gasteiger partial charge on any atom is -0.493 e. The SMILES string of the molecule is COc1cc(CCCOC2OC(COC3OC(COC4OC(CO)C(O)C(O)C4O)C(O)C(O)C3O)C(O)C(O)C2O)cc2cc(-c3ccc4c(c3)OCO4)oc12. The average Bonchev–Trinajstić information content (AvgIpc) is 3.88. The van der Waals surface area contributed by atoms with Gasteiger partial charge < -0.3 is 98.1 Å². The largest absolute Gasteiger partial charge is 0.493 e. The van der Waals surface area contributed by atoms with Crippen LogP contribution in [0.5, 0.6) is 17.2 Å². The third-order valence-corrected chi connectivity index (χ3v) is 10.4. The molecule has 316 valence electrons. The number of aryl methyl sites for hydroxylation is 1. The molecule has 0 saturated carbocycles. The number of hydrogen-bond acceptors (Lipinski definition) is 20. The number of benzene rings is 2. The van der Waals surface area contributed by atoms with Crippen LogP contribution in [0.25, 0.3) is 22.3 Å². The molecule has 2 aromatic carbocycles. The minimum absolute atomic E-state index is 0.0664. The number of aliphatic hydroxyl groups is 10. The smallest absolute Gasteiger partial charge is 0.231 e. The molecule has 7 rings (SSSR count). The van der Waals surface area contributed by atoms with Gasteiger partial charge in [-0.15, -0.1) is 0 Å². The van der Waals surface area contributed by atoms with Gasteiger partial charge in [0.05, 0.1) is 33.5 Å². The predicted octanol–water partition coefficient (Wildman–Crippen LogP) is -2.77. The molecule has 0 aliphatic carbocycles. The molecule has 20 nitrogen and oxygen atoms in total. The van der Waals surface area contributed by atoms with E-state index in [1.807, 2.05) is 36.4 Å². The van der Waals surface area contributed by atoms with Crippen LogP contribution < -0.4 is 14.2 Å². The van der Waals surface area contributed by atoms with Crippen molar-refractivity contribution < 1.29 is 98.1 Å². The van der Waals surface area contributed by atoms with E-state index in [-0.39, 0.29) is 13.4 Å². The maximum atomic E-state index is 10.7. The Morgan fingerprint density at radius 3 is 1.77 bits per heavy atom. The predicted molar refractivity (Wildman–Crippen MR) is 188 cm³/mol. The highest BCUT2D eigenvalue weighted by atomic mass is 16.7. The Balaban J connectivity index is 0.919. The Bertz CT molecular complexity index is 1790. The van der Waals surface area contributed by atoms with E-state index in [0.717, 1.165) is 16.5 Å². The summed E-state index contributed by atoms with van der Waals surface area (Å²) in [6.45, 7) is -1.61. The van der Waals surface area contributed by atoms with Crippen molar-refractivity contribution in [3.63, 3.8) is 0 Å². The van der Waals surface area contributed by atoms with E-state index in [1.54, 1.807) is 7.11 Å². The van der Waals surface area contributed by atoms with Crippen LogP contribution in [0.1, 0.15) is 12.0 Å². The normalized spacial score (nSPS) is 36.8. The summed E-state index contributed by atoms with van der Waals surface area (Å²) in [6.07, 6.45) is -23.1. The van der Waals surface area contributed by atoms with Crippen LogP contribution >= 0.6 is 0 Å². The van der Waals surface area contributed by atoms with Gasteiger partial charge >= 0.3 is 0 Å². The van der Waals surface area contributed by atoms with Crippen molar-refractivity contribution in [3.05, 3.63) is 42.0 Å². The van der Waals surface area contributed by atoms with E-state index < -0.39 is 112 Å². The lowest BCUT2D eigenvalue weighted by molar-refractivity contribution is -0.342. The molecule has 4 aliphatic rings. The number of rotatable bonds is 14. The highest BCUT2D eigenvalue weighted by molar-refractivity contribution is 5.88. The van der Waals surface area contributed by atoms with Gasteiger partial charge in [0.25, 0.3) is 0 Å². The molecule has 0 spiro atoms. The molecule has 10 N–H and O–H groups in total. The van der Waals surface area contributed by atoms with Crippen LogP contribution in [0.4, 0.5) is 0 Å². The fraction of sp³-hybridized carbons (Fsp3) is 0.622. The molecule has 0 bridgehead atoms. The van der Waals surface area contributed by atoms with Crippen molar-refractivity contribution in [1.82, 2.24) is 0 Å². The van der Waals surface area contributed by atoms with Crippen molar-refractivity contribution in [2.24, 2.45) is 0 Å².